The van der Waals surface area contributed by atoms with Gasteiger partial charge in [-0.2, -0.15) is 0 Å². The minimum Gasteiger partial charge on any atom is -0.108 e. The lowest BCUT2D eigenvalue weighted by Crippen LogP contribution is -2.19. The van der Waals surface area contributed by atoms with Crippen LogP contribution in [0.15, 0.2) is 44.4 Å². The van der Waals surface area contributed by atoms with Crippen LogP contribution in [0.3, 0.4) is 0 Å². The summed E-state index contributed by atoms with van der Waals surface area (Å²) in [6, 6.07) is 0. The Kier molecular flexibility index (Phi) is 4.76. The van der Waals surface area contributed by atoms with Crippen molar-refractivity contribution in [2.45, 2.75) is 73.4 Å². The second-order valence-corrected chi connectivity index (χ2v) is 7.00. The third-order valence-electron chi connectivity index (χ3n) is 5.75. The molecule has 2 heterocycles. The smallest absolute Gasteiger partial charge is 0.108 e. The summed E-state index contributed by atoms with van der Waals surface area (Å²) >= 11 is 0. The molecule has 0 aliphatic carbocycles. The molecule has 0 aromatic rings. The van der Waals surface area contributed by atoms with Gasteiger partial charge in [0.15, 0.2) is 14.6 Å². The maximum absolute atomic E-state index is 2.43. The lowest BCUT2D eigenvalue weighted by molar-refractivity contribution is 0.873. The molecule has 2 radical (unpaired) electrons. The molecule has 0 bridgehead atoms. The van der Waals surface area contributed by atoms with Gasteiger partial charge in [-0.1, -0.05) is 50.0 Å². The number of rotatable bonds is 2. The van der Waals surface area contributed by atoms with E-state index in [4.69, 9.17) is 0 Å². The van der Waals surface area contributed by atoms with E-state index < -0.39 is 0 Å². The summed E-state index contributed by atoms with van der Waals surface area (Å²) in [5, 5.41) is 0. The molecular formula is C19H28B2. The van der Waals surface area contributed by atoms with Crippen molar-refractivity contribution in [3.8, 4) is 0 Å². The minimum atomic E-state index is 0.563. The highest BCUT2D eigenvalue weighted by atomic mass is 14.2. The maximum Gasteiger partial charge on any atom is 0.154 e. The maximum atomic E-state index is 2.43. The van der Waals surface area contributed by atoms with E-state index in [2.05, 4.69) is 69.9 Å². The molecule has 0 amide bonds. The van der Waals surface area contributed by atoms with Gasteiger partial charge < -0.3 is 0 Å². The zero-order valence-corrected chi connectivity index (χ0v) is 15.0. The topological polar surface area (TPSA) is 0 Å². The molecule has 2 aliphatic rings. The molecule has 2 atom stereocenters. The first-order valence-corrected chi connectivity index (χ1v) is 8.18. The van der Waals surface area contributed by atoms with Crippen molar-refractivity contribution in [3.63, 3.8) is 0 Å². The van der Waals surface area contributed by atoms with Crippen LogP contribution in [0, 0.1) is 0 Å². The van der Waals surface area contributed by atoms with Gasteiger partial charge in [-0.25, -0.2) is 0 Å². The van der Waals surface area contributed by atoms with Gasteiger partial charge >= 0.3 is 0 Å². The molecule has 2 rings (SSSR count). The van der Waals surface area contributed by atoms with Crippen molar-refractivity contribution < 1.29 is 0 Å². The SMILES string of the molecule is CC1=C(C)C(C)=C(CC2=C(C)C(C)=C(C)[B]C2C)C(C)[B]1. The highest BCUT2D eigenvalue weighted by Crippen LogP contribution is 2.42. The molecule has 0 saturated carbocycles. The highest BCUT2D eigenvalue weighted by Gasteiger charge is 2.26. The standard InChI is InChI=1S/C19H28B2/c1-10-12(3)18(16(7)20-14(10)5)9-19-13(4)11(2)15(6)21-17(19)8/h16-17H,9H2,1-8H3. The molecule has 2 heteroatoms. The molecular weight excluding hydrogens is 250 g/mol. The zero-order chi connectivity index (χ0) is 15.9. The molecule has 0 aromatic heterocycles. The van der Waals surface area contributed by atoms with Gasteiger partial charge in [-0.15, -0.1) is 10.9 Å². The highest BCUT2D eigenvalue weighted by molar-refractivity contribution is 6.49. The normalized spacial score (nSPS) is 27.2. The van der Waals surface area contributed by atoms with Crippen molar-refractivity contribution in [3.05, 3.63) is 44.4 Å². The predicted octanol–water partition coefficient (Wildman–Crippen LogP) is 5.65. The molecule has 0 spiro atoms. The van der Waals surface area contributed by atoms with E-state index in [1.54, 1.807) is 11.1 Å². The van der Waals surface area contributed by atoms with Gasteiger partial charge in [-0.05, 0) is 56.9 Å². The largest absolute Gasteiger partial charge is 0.154 e. The molecule has 2 unspecified atom stereocenters. The van der Waals surface area contributed by atoms with E-state index in [1.165, 1.54) is 33.2 Å². The van der Waals surface area contributed by atoms with E-state index >= 15 is 0 Å². The van der Waals surface area contributed by atoms with Crippen LogP contribution in [0.1, 0.15) is 61.8 Å². The first-order valence-electron chi connectivity index (χ1n) is 8.18. The first-order chi connectivity index (χ1) is 9.73. The molecule has 110 valence electrons. The van der Waals surface area contributed by atoms with Crippen LogP contribution in [0.5, 0.6) is 0 Å². The van der Waals surface area contributed by atoms with E-state index in [0.717, 1.165) is 6.42 Å². The van der Waals surface area contributed by atoms with E-state index in [9.17, 15) is 0 Å². The Labute approximate surface area is 133 Å². The second-order valence-electron chi connectivity index (χ2n) is 7.00. The van der Waals surface area contributed by atoms with Crippen molar-refractivity contribution in [1.82, 2.24) is 0 Å². The van der Waals surface area contributed by atoms with Gasteiger partial charge in [0, 0.05) is 0 Å². The first kappa shape index (κ1) is 16.5. The lowest BCUT2D eigenvalue weighted by atomic mass is 9.49. The van der Waals surface area contributed by atoms with Crippen molar-refractivity contribution in [2.24, 2.45) is 0 Å². The van der Waals surface area contributed by atoms with E-state index in [-0.39, 0.29) is 0 Å². The number of hydrogen-bond donors (Lipinski definition) is 0. The Balaban J connectivity index is 2.42. The summed E-state index contributed by atoms with van der Waals surface area (Å²) in [7, 11) is 4.86. The van der Waals surface area contributed by atoms with Gasteiger partial charge in [0.25, 0.3) is 0 Å². The van der Waals surface area contributed by atoms with Crippen LogP contribution >= 0.6 is 0 Å². The minimum absolute atomic E-state index is 0.563. The molecule has 0 nitrogen and oxygen atoms in total. The molecule has 0 N–H and O–H groups in total. The molecule has 0 saturated heterocycles. The van der Waals surface area contributed by atoms with E-state index in [0.29, 0.717) is 11.6 Å². The summed E-state index contributed by atoms with van der Waals surface area (Å²) in [4.78, 5) is 0. The van der Waals surface area contributed by atoms with Gasteiger partial charge in [0.2, 0.25) is 0 Å². The Morgan fingerprint density at radius 3 is 1.29 bits per heavy atom. The molecule has 21 heavy (non-hydrogen) atoms. The summed E-state index contributed by atoms with van der Waals surface area (Å²) in [6.45, 7) is 18.3. The van der Waals surface area contributed by atoms with Gasteiger partial charge in [0.1, 0.15) is 0 Å². The lowest BCUT2D eigenvalue weighted by Gasteiger charge is -2.32. The Morgan fingerprint density at radius 2 is 0.952 bits per heavy atom. The summed E-state index contributed by atoms with van der Waals surface area (Å²) in [5.41, 5.74) is 12.1. The van der Waals surface area contributed by atoms with E-state index in [1.807, 2.05) is 0 Å². The van der Waals surface area contributed by atoms with Crippen LogP contribution in [-0.4, -0.2) is 14.6 Å². The van der Waals surface area contributed by atoms with Gasteiger partial charge in [-0.3, -0.25) is 0 Å². The third kappa shape index (κ3) is 3.00. The monoisotopic (exact) mass is 278 g/mol. The summed E-state index contributed by atoms with van der Waals surface area (Å²) in [6.07, 6.45) is 1.13. The van der Waals surface area contributed by atoms with Crippen molar-refractivity contribution in [1.29, 1.82) is 0 Å². The average molecular weight is 278 g/mol. The van der Waals surface area contributed by atoms with Crippen molar-refractivity contribution >= 4 is 14.6 Å². The molecule has 0 aromatic carbocycles. The fourth-order valence-electron chi connectivity index (χ4n) is 3.75. The molecule has 2 aliphatic heterocycles. The van der Waals surface area contributed by atoms with Crippen LogP contribution in [0.25, 0.3) is 0 Å². The predicted molar refractivity (Wildman–Crippen MR) is 97.1 cm³/mol. The number of allylic oxidation sites excluding steroid dienone is 8. The van der Waals surface area contributed by atoms with Crippen LogP contribution in [0.2, 0.25) is 11.6 Å². The van der Waals surface area contributed by atoms with Crippen molar-refractivity contribution in [2.75, 3.05) is 0 Å². The molecule has 0 fully saturated rings. The summed E-state index contributed by atoms with van der Waals surface area (Å²) in [5.74, 6) is 1.13. The Morgan fingerprint density at radius 1 is 0.619 bits per heavy atom. The summed E-state index contributed by atoms with van der Waals surface area (Å²) < 4.78 is 0. The second kappa shape index (κ2) is 6.07. The van der Waals surface area contributed by atoms with Crippen LogP contribution < -0.4 is 0 Å². The quantitative estimate of drug-likeness (QED) is 0.572. The third-order valence-corrected chi connectivity index (χ3v) is 5.75. The fourth-order valence-corrected chi connectivity index (χ4v) is 3.75. The Bertz CT molecular complexity index is 533. The zero-order valence-electron chi connectivity index (χ0n) is 15.0. The Hall–Kier alpha value is -0.910. The average Bonchev–Trinajstić information content (AvgIpc) is 2.42. The van der Waals surface area contributed by atoms with Crippen LogP contribution in [0.4, 0.5) is 0 Å². The fraction of sp³-hybridized carbons (Fsp3) is 0.579. The number of hydrogen-bond acceptors (Lipinski definition) is 0. The van der Waals surface area contributed by atoms with Gasteiger partial charge in [0.05, 0.1) is 0 Å². The van der Waals surface area contributed by atoms with Crippen LogP contribution in [-0.2, 0) is 0 Å².